The van der Waals surface area contributed by atoms with Gasteiger partial charge in [-0.15, -0.1) is 0 Å². The van der Waals surface area contributed by atoms with E-state index in [1.807, 2.05) is 0 Å². The van der Waals surface area contributed by atoms with Crippen molar-refractivity contribution in [3.63, 3.8) is 0 Å². The zero-order valence-corrected chi connectivity index (χ0v) is 14.2. The Labute approximate surface area is 116 Å². The molecule has 0 fully saturated rings. The van der Waals surface area contributed by atoms with Gasteiger partial charge in [0.1, 0.15) is 0 Å². The van der Waals surface area contributed by atoms with E-state index in [-0.39, 0.29) is 5.54 Å². The molecule has 0 bridgehead atoms. The second kappa shape index (κ2) is 7.49. The number of rotatable bonds is 7. The minimum absolute atomic E-state index is 0.217. The van der Waals surface area contributed by atoms with Gasteiger partial charge in [-0.05, 0) is 59.9 Å². The number of hydrogen-bond acceptors (Lipinski definition) is 2. The first kappa shape index (κ1) is 17.9. The summed E-state index contributed by atoms with van der Waals surface area (Å²) < 4.78 is 0. The van der Waals surface area contributed by atoms with Crippen LogP contribution in [0.3, 0.4) is 0 Å². The molecule has 0 aliphatic heterocycles. The van der Waals surface area contributed by atoms with Crippen LogP contribution in [0.15, 0.2) is 0 Å². The third-order valence-corrected chi connectivity index (χ3v) is 3.54. The number of hydrogen-bond donors (Lipinski definition) is 1. The van der Waals surface area contributed by atoms with Gasteiger partial charge in [0.2, 0.25) is 0 Å². The number of nitrogens with one attached hydrogen (secondary N) is 1. The standard InChI is InChI=1S/C16H36N2/c1-12(2)11-18(13(3)4)15(6)14(5)10-17-16(7,8)9/h12-15,17H,10-11H2,1-9H3. The quantitative estimate of drug-likeness (QED) is 0.746. The molecule has 0 saturated heterocycles. The van der Waals surface area contributed by atoms with Gasteiger partial charge in [0, 0.05) is 24.2 Å². The van der Waals surface area contributed by atoms with Crippen LogP contribution in [-0.2, 0) is 0 Å². The molecule has 0 aliphatic carbocycles. The van der Waals surface area contributed by atoms with E-state index >= 15 is 0 Å². The van der Waals surface area contributed by atoms with Crippen molar-refractivity contribution in [3.8, 4) is 0 Å². The summed E-state index contributed by atoms with van der Waals surface area (Å²) in [6.45, 7) is 22.9. The SMILES string of the molecule is CC(C)CN(C(C)C)C(C)C(C)CNC(C)(C)C. The molecule has 0 amide bonds. The zero-order valence-electron chi connectivity index (χ0n) is 14.2. The van der Waals surface area contributed by atoms with Crippen molar-refractivity contribution >= 4 is 0 Å². The summed E-state index contributed by atoms with van der Waals surface area (Å²) in [5.74, 6) is 1.41. The average molecular weight is 256 g/mol. The first-order valence-electron chi connectivity index (χ1n) is 7.55. The zero-order chi connectivity index (χ0) is 14.5. The molecule has 0 aromatic rings. The second-order valence-corrected chi connectivity index (χ2v) is 7.53. The van der Waals surface area contributed by atoms with Crippen molar-refractivity contribution < 1.29 is 0 Å². The van der Waals surface area contributed by atoms with Gasteiger partial charge in [-0.2, -0.15) is 0 Å². The summed E-state index contributed by atoms with van der Waals surface area (Å²) in [7, 11) is 0. The van der Waals surface area contributed by atoms with Crippen LogP contribution in [0.5, 0.6) is 0 Å². The highest BCUT2D eigenvalue weighted by Gasteiger charge is 2.24. The van der Waals surface area contributed by atoms with E-state index in [1.54, 1.807) is 0 Å². The van der Waals surface area contributed by atoms with Gasteiger partial charge in [-0.25, -0.2) is 0 Å². The van der Waals surface area contributed by atoms with Crippen LogP contribution in [0.25, 0.3) is 0 Å². The second-order valence-electron chi connectivity index (χ2n) is 7.53. The van der Waals surface area contributed by atoms with E-state index in [0.717, 1.165) is 12.5 Å². The van der Waals surface area contributed by atoms with Gasteiger partial charge < -0.3 is 5.32 Å². The molecule has 0 rings (SSSR count). The van der Waals surface area contributed by atoms with Crippen LogP contribution in [0.2, 0.25) is 0 Å². The number of nitrogens with zero attached hydrogens (tertiary/aromatic N) is 1. The molecule has 1 N–H and O–H groups in total. The topological polar surface area (TPSA) is 15.3 Å². The summed E-state index contributed by atoms with van der Waals surface area (Å²) in [6.07, 6.45) is 0. The molecule has 0 aromatic heterocycles. The Balaban J connectivity index is 4.42. The summed E-state index contributed by atoms with van der Waals surface area (Å²) in [5.41, 5.74) is 0.217. The molecule has 2 heteroatoms. The lowest BCUT2D eigenvalue weighted by Crippen LogP contribution is -2.48. The molecule has 0 aromatic carbocycles. The molecule has 0 aliphatic rings. The van der Waals surface area contributed by atoms with E-state index in [2.05, 4.69) is 72.5 Å². The van der Waals surface area contributed by atoms with Gasteiger partial charge in [0.25, 0.3) is 0 Å². The molecule has 18 heavy (non-hydrogen) atoms. The van der Waals surface area contributed by atoms with Crippen LogP contribution in [0.4, 0.5) is 0 Å². The normalized spacial score (nSPS) is 16.7. The highest BCUT2D eigenvalue weighted by Crippen LogP contribution is 2.16. The lowest BCUT2D eigenvalue weighted by atomic mass is 9.97. The average Bonchev–Trinajstić information content (AvgIpc) is 2.19. The Kier molecular flexibility index (Phi) is 7.46. The highest BCUT2D eigenvalue weighted by atomic mass is 15.2. The molecule has 0 heterocycles. The molecule has 2 nitrogen and oxygen atoms in total. The summed E-state index contributed by atoms with van der Waals surface area (Å²) in [6, 6.07) is 1.25. The summed E-state index contributed by atoms with van der Waals surface area (Å²) in [5, 5.41) is 3.62. The maximum atomic E-state index is 3.62. The molecular formula is C16H36N2. The van der Waals surface area contributed by atoms with Gasteiger partial charge >= 0.3 is 0 Å². The van der Waals surface area contributed by atoms with Crippen LogP contribution in [0, 0.1) is 11.8 Å². The minimum Gasteiger partial charge on any atom is -0.312 e. The summed E-state index contributed by atoms with van der Waals surface area (Å²) in [4.78, 5) is 2.64. The molecular weight excluding hydrogens is 220 g/mol. The van der Waals surface area contributed by atoms with E-state index in [4.69, 9.17) is 0 Å². The van der Waals surface area contributed by atoms with Crippen LogP contribution < -0.4 is 5.32 Å². The maximum Gasteiger partial charge on any atom is 0.0107 e. The molecule has 2 atom stereocenters. The van der Waals surface area contributed by atoms with Crippen molar-refractivity contribution in [3.05, 3.63) is 0 Å². The lowest BCUT2D eigenvalue weighted by Gasteiger charge is -2.38. The first-order valence-corrected chi connectivity index (χ1v) is 7.55. The predicted octanol–water partition coefficient (Wildman–Crippen LogP) is 3.77. The van der Waals surface area contributed by atoms with Gasteiger partial charge in [0.05, 0.1) is 0 Å². The highest BCUT2D eigenvalue weighted by molar-refractivity contribution is 4.80. The van der Waals surface area contributed by atoms with E-state index in [9.17, 15) is 0 Å². The van der Waals surface area contributed by atoms with E-state index in [0.29, 0.717) is 18.0 Å². The largest absolute Gasteiger partial charge is 0.312 e. The Morgan fingerprint density at radius 1 is 0.944 bits per heavy atom. The fourth-order valence-electron chi connectivity index (χ4n) is 2.23. The van der Waals surface area contributed by atoms with Crippen LogP contribution in [0.1, 0.15) is 62.3 Å². The van der Waals surface area contributed by atoms with Crippen LogP contribution in [-0.4, -0.2) is 35.6 Å². The third kappa shape index (κ3) is 7.38. The smallest absolute Gasteiger partial charge is 0.0107 e. The van der Waals surface area contributed by atoms with Crippen LogP contribution >= 0.6 is 0 Å². The van der Waals surface area contributed by atoms with Crippen molar-refractivity contribution in [1.29, 1.82) is 0 Å². The van der Waals surface area contributed by atoms with Crippen molar-refractivity contribution in [2.24, 2.45) is 11.8 Å². The van der Waals surface area contributed by atoms with E-state index < -0.39 is 0 Å². The fourth-order valence-corrected chi connectivity index (χ4v) is 2.23. The van der Waals surface area contributed by atoms with Crippen molar-refractivity contribution in [2.45, 2.75) is 79.9 Å². The van der Waals surface area contributed by atoms with E-state index in [1.165, 1.54) is 6.54 Å². The molecule has 2 unspecified atom stereocenters. The molecule has 0 saturated carbocycles. The monoisotopic (exact) mass is 256 g/mol. The Bertz CT molecular complexity index is 216. The molecule has 0 radical (unpaired) electrons. The minimum atomic E-state index is 0.217. The fraction of sp³-hybridized carbons (Fsp3) is 1.00. The van der Waals surface area contributed by atoms with Gasteiger partial charge in [-0.1, -0.05) is 20.8 Å². The lowest BCUT2D eigenvalue weighted by molar-refractivity contribution is 0.106. The Morgan fingerprint density at radius 2 is 1.44 bits per heavy atom. The third-order valence-electron chi connectivity index (χ3n) is 3.54. The Morgan fingerprint density at radius 3 is 1.78 bits per heavy atom. The first-order chi connectivity index (χ1) is 8.04. The van der Waals surface area contributed by atoms with Gasteiger partial charge in [-0.3, -0.25) is 4.90 Å². The van der Waals surface area contributed by atoms with Crippen molar-refractivity contribution in [1.82, 2.24) is 10.2 Å². The Hall–Kier alpha value is -0.0800. The van der Waals surface area contributed by atoms with Gasteiger partial charge in [0.15, 0.2) is 0 Å². The maximum absolute atomic E-state index is 3.62. The summed E-state index contributed by atoms with van der Waals surface area (Å²) >= 11 is 0. The molecule has 0 spiro atoms. The van der Waals surface area contributed by atoms with Crippen molar-refractivity contribution in [2.75, 3.05) is 13.1 Å². The predicted molar refractivity (Wildman–Crippen MR) is 83.1 cm³/mol. The molecule has 110 valence electrons.